The molecule has 1 fully saturated rings. The number of ether oxygens (including phenoxy) is 1. The maximum absolute atomic E-state index is 12.5. The molecular formula is C18H19N3O3. The summed E-state index contributed by atoms with van der Waals surface area (Å²) in [6.45, 7) is 0.586. The highest BCUT2D eigenvalue weighted by Crippen LogP contribution is 2.24. The summed E-state index contributed by atoms with van der Waals surface area (Å²) in [5, 5.41) is 5.45. The van der Waals surface area contributed by atoms with E-state index in [1.165, 1.54) is 7.11 Å². The number of para-hydroxylation sites is 3. The molecule has 0 aliphatic carbocycles. The molecule has 1 heterocycles. The van der Waals surface area contributed by atoms with E-state index >= 15 is 0 Å². The number of methoxy groups -OCH3 is 1. The zero-order valence-corrected chi connectivity index (χ0v) is 13.4. The van der Waals surface area contributed by atoms with Gasteiger partial charge in [0.15, 0.2) is 0 Å². The van der Waals surface area contributed by atoms with Crippen molar-refractivity contribution in [3.63, 3.8) is 0 Å². The number of nitrogens with zero attached hydrogens (tertiary/aromatic N) is 1. The van der Waals surface area contributed by atoms with Crippen LogP contribution in [0.15, 0.2) is 54.6 Å². The van der Waals surface area contributed by atoms with Crippen LogP contribution in [0.1, 0.15) is 6.42 Å². The Kier molecular flexibility index (Phi) is 4.65. The first kappa shape index (κ1) is 15.9. The minimum Gasteiger partial charge on any atom is -0.495 e. The molecule has 6 nitrogen and oxygen atoms in total. The highest BCUT2D eigenvalue weighted by molar-refractivity contribution is 6.02. The molecule has 0 aromatic heterocycles. The van der Waals surface area contributed by atoms with Gasteiger partial charge < -0.3 is 20.3 Å². The molecule has 3 amide bonds. The SMILES string of the molecule is COc1ccccc1NC(=O)N[C@@H]1CCN(c2ccccc2)C1=O. The van der Waals surface area contributed by atoms with Crippen molar-refractivity contribution in [3.05, 3.63) is 54.6 Å². The first-order chi connectivity index (χ1) is 11.7. The minimum atomic E-state index is -0.528. The fourth-order valence-electron chi connectivity index (χ4n) is 2.74. The van der Waals surface area contributed by atoms with Crippen molar-refractivity contribution in [3.8, 4) is 5.75 Å². The summed E-state index contributed by atoms with van der Waals surface area (Å²) in [4.78, 5) is 26.3. The fourth-order valence-corrected chi connectivity index (χ4v) is 2.74. The lowest BCUT2D eigenvalue weighted by Gasteiger charge is -2.17. The van der Waals surface area contributed by atoms with Crippen molar-refractivity contribution in [2.75, 3.05) is 23.9 Å². The zero-order valence-electron chi connectivity index (χ0n) is 13.4. The van der Waals surface area contributed by atoms with Crippen molar-refractivity contribution in [2.45, 2.75) is 12.5 Å². The normalized spacial score (nSPS) is 16.8. The van der Waals surface area contributed by atoms with Crippen molar-refractivity contribution >= 4 is 23.3 Å². The van der Waals surface area contributed by atoms with E-state index < -0.39 is 12.1 Å². The number of carbonyl (C=O) groups excluding carboxylic acids is 2. The van der Waals surface area contributed by atoms with E-state index in [1.54, 1.807) is 23.1 Å². The van der Waals surface area contributed by atoms with Crippen LogP contribution in [-0.4, -0.2) is 31.6 Å². The van der Waals surface area contributed by atoms with Crippen LogP contribution in [0.2, 0.25) is 0 Å². The van der Waals surface area contributed by atoms with Gasteiger partial charge in [0, 0.05) is 12.2 Å². The second kappa shape index (κ2) is 7.04. The molecular weight excluding hydrogens is 306 g/mol. The Morgan fingerprint density at radius 3 is 2.58 bits per heavy atom. The number of urea groups is 1. The molecule has 2 aromatic rings. The Morgan fingerprint density at radius 2 is 1.83 bits per heavy atom. The van der Waals surface area contributed by atoms with Gasteiger partial charge in [0.25, 0.3) is 0 Å². The smallest absolute Gasteiger partial charge is 0.319 e. The van der Waals surface area contributed by atoms with Crippen LogP contribution in [0, 0.1) is 0 Å². The first-order valence-corrected chi connectivity index (χ1v) is 7.76. The van der Waals surface area contributed by atoms with E-state index in [2.05, 4.69) is 10.6 Å². The summed E-state index contributed by atoms with van der Waals surface area (Å²) in [7, 11) is 1.54. The number of nitrogens with one attached hydrogen (secondary N) is 2. The number of hydrogen-bond acceptors (Lipinski definition) is 3. The summed E-state index contributed by atoms with van der Waals surface area (Å²) in [6.07, 6.45) is 0.576. The molecule has 124 valence electrons. The van der Waals surface area contributed by atoms with E-state index in [-0.39, 0.29) is 5.91 Å². The molecule has 0 saturated carbocycles. The van der Waals surface area contributed by atoms with Crippen LogP contribution in [0.5, 0.6) is 5.75 Å². The van der Waals surface area contributed by atoms with E-state index in [4.69, 9.17) is 4.74 Å². The Bertz CT molecular complexity index is 733. The summed E-state index contributed by atoms with van der Waals surface area (Å²) in [5.41, 5.74) is 1.40. The Labute approximate surface area is 140 Å². The quantitative estimate of drug-likeness (QED) is 0.908. The van der Waals surface area contributed by atoms with Gasteiger partial charge in [-0.3, -0.25) is 4.79 Å². The molecule has 1 aliphatic heterocycles. The molecule has 0 spiro atoms. The highest BCUT2D eigenvalue weighted by atomic mass is 16.5. The molecule has 1 saturated heterocycles. The number of hydrogen-bond donors (Lipinski definition) is 2. The molecule has 1 aliphatic rings. The molecule has 6 heteroatoms. The largest absolute Gasteiger partial charge is 0.495 e. The van der Waals surface area contributed by atoms with Gasteiger partial charge in [-0.2, -0.15) is 0 Å². The van der Waals surface area contributed by atoms with Crippen LogP contribution in [0.25, 0.3) is 0 Å². The molecule has 0 radical (unpaired) electrons. The van der Waals surface area contributed by atoms with Gasteiger partial charge in [-0.25, -0.2) is 4.79 Å². The third-order valence-electron chi connectivity index (χ3n) is 3.93. The van der Waals surface area contributed by atoms with Crippen LogP contribution < -0.4 is 20.3 Å². The number of rotatable bonds is 4. The predicted octanol–water partition coefficient (Wildman–Crippen LogP) is 2.62. The second-order valence-electron chi connectivity index (χ2n) is 5.47. The Balaban J connectivity index is 1.62. The van der Waals surface area contributed by atoms with Crippen molar-refractivity contribution in [1.29, 1.82) is 0 Å². The summed E-state index contributed by atoms with van der Waals surface area (Å²) >= 11 is 0. The number of amides is 3. The number of anilines is 2. The topological polar surface area (TPSA) is 70.7 Å². The summed E-state index contributed by atoms with van der Waals surface area (Å²) in [5.74, 6) is 0.465. The van der Waals surface area contributed by atoms with Crippen LogP contribution in [0.3, 0.4) is 0 Å². The van der Waals surface area contributed by atoms with Crippen LogP contribution in [0.4, 0.5) is 16.2 Å². The fraction of sp³-hybridized carbons (Fsp3) is 0.222. The van der Waals surface area contributed by atoms with E-state index in [0.29, 0.717) is 24.4 Å². The third kappa shape index (κ3) is 3.32. The highest BCUT2D eigenvalue weighted by Gasteiger charge is 2.33. The average molecular weight is 325 g/mol. The monoisotopic (exact) mass is 325 g/mol. The standard InChI is InChI=1S/C18H19N3O3/c1-24-16-10-6-5-9-14(16)19-18(23)20-15-11-12-21(17(15)22)13-7-3-2-4-8-13/h2-10,15H,11-12H2,1H3,(H2,19,20,23)/t15-/m1/s1. The Hall–Kier alpha value is -3.02. The minimum absolute atomic E-state index is 0.101. The maximum atomic E-state index is 12.5. The average Bonchev–Trinajstić information content (AvgIpc) is 2.97. The van der Waals surface area contributed by atoms with E-state index in [9.17, 15) is 9.59 Å². The van der Waals surface area contributed by atoms with E-state index in [0.717, 1.165) is 5.69 Å². The third-order valence-corrected chi connectivity index (χ3v) is 3.93. The zero-order chi connectivity index (χ0) is 16.9. The number of benzene rings is 2. The number of carbonyl (C=O) groups is 2. The molecule has 3 rings (SSSR count). The second-order valence-corrected chi connectivity index (χ2v) is 5.47. The van der Waals surface area contributed by atoms with Crippen molar-refractivity contribution in [1.82, 2.24) is 5.32 Å². The predicted molar refractivity (Wildman–Crippen MR) is 92.3 cm³/mol. The van der Waals surface area contributed by atoms with E-state index in [1.807, 2.05) is 36.4 Å². The molecule has 1 atom stereocenters. The Morgan fingerprint density at radius 1 is 1.12 bits per heavy atom. The van der Waals surface area contributed by atoms with Crippen molar-refractivity contribution < 1.29 is 14.3 Å². The summed E-state index contributed by atoms with van der Waals surface area (Å²) in [6, 6.07) is 15.6. The molecule has 0 unspecified atom stereocenters. The first-order valence-electron chi connectivity index (χ1n) is 7.76. The molecule has 2 aromatic carbocycles. The van der Waals surface area contributed by atoms with Crippen LogP contribution >= 0.6 is 0 Å². The van der Waals surface area contributed by atoms with Crippen LogP contribution in [-0.2, 0) is 4.79 Å². The molecule has 2 N–H and O–H groups in total. The maximum Gasteiger partial charge on any atom is 0.319 e. The lowest BCUT2D eigenvalue weighted by atomic mass is 10.2. The lowest BCUT2D eigenvalue weighted by Crippen LogP contribution is -2.43. The molecule has 24 heavy (non-hydrogen) atoms. The van der Waals surface area contributed by atoms with Gasteiger partial charge in [-0.15, -0.1) is 0 Å². The van der Waals surface area contributed by atoms with Gasteiger partial charge in [0.05, 0.1) is 12.8 Å². The molecule has 0 bridgehead atoms. The van der Waals surface area contributed by atoms with Gasteiger partial charge in [0.1, 0.15) is 11.8 Å². The van der Waals surface area contributed by atoms with Gasteiger partial charge in [-0.1, -0.05) is 30.3 Å². The lowest BCUT2D eigenvalue weighted by molar-refractivity contribution is -0.118. The van der Waals surface area contributed by atoms with Gasteiger partial charge >= 0.3 is 6.03 Å². The summed E-state index contributed by atoms with van der Waals surface area (Å²) < 4.78 is 5.19. The van der Waals surface area contributed by atoms with Gasteiger partial charge in [0.2, 0.25) is 5.91 Å². The van der Waals surface area contributed by atoms with Crippen molar-refractivity contribution in [2.24, 2.45) is 0 Å². The van der Waals surface area contributed by atoms with Gasteiger partial charge in [-0.05, 0) is 30.7 Å².